The second kappa shape index (κ2) is 7.83. The highest BCUT2D eigenvalue weighted by Gasteiger charge is 2.61. The summed E-state index contributed by atoms with van der Waals surface area (Å²) >= 11 is 0. The van der Waals surface area contributed by atoms with Crippen molar-refractivity contribution in [2.75, 3.05) is 13.7 Å². The number of methoxy groups -OCH3 is 1. The van der Waals surface area contributed by atoms with E-state index in [9.17, 15) is 9.18 Å². The molecule has 1 aromatic carbocycles. The number of pyridine rings is 1. The molecule has 5 aliphatic rings. The van der Waals surface area contributed by atoms with Crippen LogP contribution in [-0.4, -0.2) is 55.8 Å². The van der Waals surface area contributed by atoms with E-state index in [0.29, 0.717) is 42.0 Å². The molecule has 4 atom stereocenters. The number of hydrogen-bond acceptors (Lipinski definition) is 4. The second-order valence-electron chi connectivity index (χ2n) is 12.7. The van der Waals surface area contributed by atoms with Crippen molar-refractivity contribution in [3.63, 3.8) is 0 Å². The molecule has 5 fully saturated rings. The highest BCUT2D eigenvalue weighted by Crippen LogP contribution is 2.61. The molecule has 3 aromatic heterocycles. The summed E-state index contributed by atoms with van der Waals surface area (Å²) in [5.74, 6) is 4.43. The number of amides is 1. The van der Waals surface area contributed by atoms with Gasteiger partial charge in [0.2, 0.25) is 0 Å². The zero-order chi connectivity index (χ0) is 26.0. The SMILES string of the molecule is COc1cc(C(=O)N2C[C@H]3CC4C[C@@H]2[C@H]43)cc2nc(-c3cc4cccnc4n3CC3CC3)n(C3CC(F)C3)c12. The van der Waals surface area contributed by atoms with Gasteiger partial charge in [0.1, 0.15) is 23.1 Å². The maximum absolute atomic E-state index is 14.2. The number of nitrogens with zero attached hydrogens (tertiary/aromatic N) is 5. The predicted molar refractivity (Wildman–Crippen MR) is 145 cm³/mol. The van der Waals surface area contributed by atoms with Gasteiger partial charge in [-0.1, -0.05) is 0 Å². The lowest BCUT2D eigenvalue weighted by Crippen LogP contribution is -2.53. The summed E-state index contributed by atoms with van der Waals surface area (Å²) in [6.45, 7) is 1.77. The van der Waals surface area contributed by atoms with Crippen LogP contribution in [0, 0.1) is 23.7 Å². The molecule has 4 heterocycles. The first kappa shape index (κ1) is 22.4. The number of carbonyl (C=O) groups is 1. The fourth-order valence-corrected chi connectivity index (χ4v) is 8.12. The van der Waals surface area contributed by atoms with E-state index in [1.165, 1.54) is 19.3 Å². The molecule has 200 valence electrons. The maximum atomic E-state index is 14.2. The molecule has 4 aliphatic carbocycles. The molecule has 0 radical (unpaired) electrons. The molecular formula is C31H32FN5O2. The molecule has 1 unspecified atom stereocenters. The maximum Gasteiger partial charge on any atom is 0.254 e. The van der Waals surface area contributed by atoms with E-state index >= 15 is 0 Å². The van der Waals surface area contributed by atoms with Crippen LogP contribution in [0.3, 0.4) is 0 Å². The van der Waals surface area contributed by atoms with Gasteiger partial charge in [0.25, 0.3) is 5.91 Å². The molecule has 4 saturated carbocycles. The Balaban J connectivity index is 1.21. The minimum absolute atomic E-state index is 0.00286. The molecule has 9 rings (SSSR count). The summed E-state index contributed by atoms with van der Waals surface area (Å²) in [5.41, 5.74) is 4.18. The molecule has 8 heteroatoms. The third-order valence-electron chi connectivity index (χ3n) is 10.4. The van der Waals surface area contributed by atoms with Crippen molar-refractivity contribution in [2.45, 2.75) is 63.3 Å². The first-order valence-corrected chi connectivity index (χ1v) is 14.6. The number of benzene rings is 1. The molecule has 0 bridgehead atoms. The number of imidazole rings is 1. The van der Waals surface area contributed by atoms with Gasteiger partial charge < -0.3 is 18.8 Å². The quantitative estimate of drug-likeness (QED) is 0.328. The van der Waals surface area contributed by atoms with E-state index in [1.807, 2.05) is 24.4 Å². The fraction of sp³-hybridized carbons (Fsp3) is 0.516. The number of likely N-dealkylation sites (tertiary alicyclic amines) is 1. The normalized spacial score (nSPS) is 30.7. The number of rotatable bonds is 6. The average molecular weight is 526 g/mol. The Morgan fingerprint density at radius 3 is 2.74 bits per heavy atom. The fourth-order valence-electron chi connectivity index (χ4n) is 8.12. The van der Waals surface area contributed by atoms with E-state index in [1.54, 1.807) is 7.11 Å². The van der Waals surface area contributed by atoms with E-state index < -0.39 is 6.17 Å². The Bertz CT molecular complexity index is 1660. The van der Waals surface area contributed by atoms with Crippen molar-refractivity contribution < 1.29 is 13.9 Å². The van der Waals surface area contributed by atoms with Crippen LogP contribution in [0.4, 0.5) is 4.39 Å². The van der Waals surface area contributed by atoms with Crippen LogP contribution in [0.15, 0.2) is 36.5 Å². The number of halogens is 1. The lowest BCUT2D eigenvalue weighted by Gasteiger charge is -2.52. The van der Waals surface area contributed by atoms with Gasteiger partial charge in [-0.3, -0.25) is 4.79 Å². The van der Waals surface area contributed by atoms with Gasteiger partial charge in [-0.15, -0.1) is 0 Å². The highest BCUT2D eigenvalue weighted by molar-refractivity contribution is 6.00. The van der Waals surface area contributed by atoms with Gasteiger partial charge in [-0.2, -0.15) is 0 Å². The smallest absolute Gasteiger partial charge is 0.254 e. The Morgan fingerprint density at radius 2 is 2.00 bits per heavy atom. The molecule has 1 amide bonds. The van der Waals surface area contributed by atoms with Gasteiger partial charge in [-0.25, -0.2) is 14.4 Å². The third kappa shape index (κ3) is 3.11. The Kier molecular flexibility index (Phi) is 4.50. The van der Waals surface area contributed by atoms with Gasteiger partial charge >= 0.3 is 0 Å². The summed E-state index contributed by atoms with van der Waals surface area (Å²) in [6.07, 6.45) is 6.85. The summed E-state index contributed by atoms with van der Waals surface area (Å²) in [6, 6.07) is 10.4. The van der Waals surface area contributed by atoms with Crippen molar-refractivity contribution >= 4 is 28.0 Å². The van der Waals surface area contributed by atoms with E-state index in [-0.39, 0.29) is 11.9 Å². The molecule has 1 saturated heterocycles. The van der Waals surface area contributed by atoms with Crippen LogP contribution in [0.5, 0.6) is 5.75 Å². The zero-order valence-corrected chi connectivity index (χ0v) is 22.1. The molecule has 0 N–H and O–H groups in total. The van der Waals surface area contributed by atoms with Crippen LogP contribution < -0.4 is 4.74 Å². The topological polar surface area (TPSA) is 65.2 Å². The summed E-state index contributed by atoms with van der Waals surface area (Å²) in [5, 5.41) is 1.08. The minimum Gasteiger partial charge on any atom is -0.494 e. The van der Waals surface area contributed by atoms with Gasteiger partial charge in [0.05, 0.1) is 18.3 Å². The van der Waals surface area contributed by atoms with E-state index in [4.69, 9.17) is 14.7 Å². The standard InChI is InChI=1S/C31H32FN5O2/c1-39-26-11-19(31(38)36-15-20-7-18-10-24(36)27(18)20)8-23-28(26)37(22-12-21(32)13-22)30(34-23)25-9-17-3-2-6-33-29(17)35(25)14-16-4-5-16/h2-3,6,8-9,11,16,18,20-22,24,27H,4-5,7,10,12-15H2,1H3/t18?,20-,21?,22?,24-,27-/m1/s1. The number of carbonyl (C=O) groups excluding carboxylic acids is 1. The monoisotopic (exact) mass is 525 g/mol. The average Bonchev–Trinajstić information content (AvgIpc) is 3.55. The van der Waals surface area contributed by atoms with Gasteiger partial charge in [0, 0.05) is 42.3 Å². The Morgan fingerprint density at radius 1 is 1.13 bits per heavy atom. The van der Waals surface area contributed by atoms with Crippen LogP contribution >= 0.6 is 0 Å². The van der Waals surface area contributed by atoms with Crippen LogP contribution in [0.1, 0.15) is 54.9 Å². The third-order valence-corrected chi connectivity index (χ3v) is 10.4. The van der Waals surface area contributed by atoms with Crippen LogP contribution in [0.25, 0.3) is 33.6 Å². The molecule has 4 aromatic rings. The van der Waals surface area contributed by atoms with Gasteiger partial charge in [-0.05, 0) is 92.5 Å². The number of alkyl halides is 1. The van der Waals surface area contributed by atoms with Crippen molar-refractivity contribution in [1.29, 1.82) is 0 Å². The molecule has 7 nitrogen and oxygen atoms in total. The van der Waals surface area contributed by atoms with Crippen molar-refractivity contribution in [3.05, 3.63) is 42.1 Å². The number of hydrogen-bond donors (Lipinski definition) is 0. The number of ether oxygens (including phenoxy) is 1. The molecule has 39 heavy (non-hydrogen) atoms. The van der Waals surface area contributed by atoms with Crippen LogP contribution in [-0.2, 0) is 6.54 Å². The van der Waals surface area contributed by atoms with Crippen LogP contribution in [0.2, 0.25) is 0 Å². The second-order valence-corrected chi connectivity index (χ2v) is 12.7. The summed E-state index contributed by atoms with van der Waals surface area (Å²) in [7, 11) is 1.65. The Hall–Kier alpha value is -3.42. The van der Waals surface area contributed by atoms with Crippen molar-refractivity contribution in [1.82, 2.24) is 24.0 Å². The molecule has 0 spiro atoms. The lowest BCUT2D eigenvalue weighted by molar-refractivity contribution is -0.0204. The molecular weight excluding hydrogens is 493 g/mol. The first-order chi connectivity index (χ1) is 19.1. The summed E-state index contributed by atoms with van der Waals surface area (Å²) in [4.78, 5) is 25.8. The largest absolute Gasteiger partial charge is 0.494 e. The van der Waals surface area contributed by atoms with Gasteiger partial charge in [0.15, 0.2) is 5.82 Å². The zero-order valence-electron chi connectivity index (χ0n) is 22.1. The molecule has 1 aliphatic heterocycles. The first-order valence-electron chi connectivity index (χ1n) is 14.6. The highest BCUT2D eigenvalue weighted by atomic mass is 19.1. The number of fused-ring (bicyclic) bond motifs is 2. The predicted octanol–water partition coefficient (Wildman–Crippen LogP) is 5.63. The van der Waals surface area contributed by atoms with Crippen molar-refractivity contribution in [2.24, 2.45) is 23.7 Å². The van der Waals surface area contributed by atoms with E-state index in [2.05, 4.69) is 26.2 Å². The Labute approximate surface area is 226 Å². The summed E-state index contributed by atoms with van der Waals surface area (Å²) < 4.78 is 24.6. The minimum atomic E-state index is -0.803. The lowest BCUT2D eigenvalue weighted by atomic mass is 9.53. The van der Waals surface area contributed by atoms with Crippen molar-refractivity contribution in [3.8, 4) is 17.3 Å². The van der Waals surface area contributed by atoms with E-state index in [0.717, 1.165) is 64.9 Å². The number of aromatic nitrogens is 4.